The fraction of sp³-hybridized carbons (Fsp3) is 0.179. The zero-order valence-corrected chi connectivity index (χ0v) is 18.6. The van der Waals surface area contributed by atoms with Crippen molar-refractivity contribution in [3.8, 4) is 39.8 Å². The van der Waals surface area contributed by atoms with Crippen LogP contribution in [0.4, 0.5) is 0 Å². The molecule has 1 aromatic heterocycles. The van der Waals surface area contributed by atoms with Gasteiger partial charge in [0.25, 0.3) is 0 Å². The lowest BCUT2D eigenvalue weighted by Gasteiger charge is -2.14. The van der Waals surface area contributed by atoms with Crippen LogP contribution in [0.2, 0.25) is 0 Å². The lowest BCUT2D eigenvalue weighted by atomic mass is 9.97. The zero-order valence-electron chi connectivity index (χ0n) is 18.6. The van der Waals surface area contributed by atoms with Crippen molar-refractivity contribution in [1.29, 1.82) is 5.26 Å². The van der Waals surface area contributed by atoms with Crippen LogP contribution in [0.3, 0.4) is 0 Å². The van der Waals surface area contributed by atoms with E-state index in [0.29, 0.717) is 5.56 Å². The summed E-state index contributed by atoms with van der Waals surface area (Å²) in [7, 11) is 0. The molecular weight excluding hydrogens is 378 g/mol. The Balaban J connectivity index is 1.97. The van der Waals surface area contributed by atoms with Crippen LogP contribution >= 0.6 is 0 Å². The molecule has 0 aliphatic rings. The molecule has 3 nitrogen and oxygen atoms in total. The molecule has 0 fully saturated rings. The lowest BCUT2D eigenvalue weighted by molar-refractivity contribution is 1.20. The minimum atomic E-state index is 0.649. The van der Waals surface area contributed by atoms with E-state index in [1.54, 1.807) is 0 Å². The zero-order chi connectivity index (χ0) is 22.1. The number of rotatable bonds is 3. The molecule has 0 bridgehead atoms. The first kappa shape index (κ1) is 20.5. The standard InChI is InChI=1S/C28H25N3/c1-17-8-18(2)11-23(10-17)27-28(24-12-19(3)9-20(4)13-24)31-26(16-30-27)25-7-6-22(15-29)14-21(25)5/h6-14,16H,1-5H3. The van der Waals surface area contributed by atoms with Crippen molar-refractivity contribution in [2.45, 2.75) is 34.6 Å². The van der Waals surface area contributed by atoms with Crippen LogP contribution in [0.15, 0.2) is 60.8 Å². The Bertz CT molecular complexity index is 1300. The predicted octanol–water partition coefficient (Wildman–Crippen LogP) is 6.89. The predicted molar refractivity (Wildman–Crippen MR) is 127 cm³/mol. The largest absolute Gasteiger partial charge is 0.252 e. The van der Waals surface area contributed by atoms with Gasteiger partial charge in [-0.1, -0.05) is 40.5 Å². The Kier molecular flexibility index (Phi) is 5.40. The monoisotopic (exact) mass is 403 g/mol. The molecule has 3 aromatic carbocycles. The molecule has 0 radical (unpaired) electrons. The van der Waals surface area contributed by atoms with E-state index in [9.17, 15) is 5.26 Å². The SMILES string of the molecule is Cc1cc(C)cc(-c2ncc(-c3ccc(C#N)cc3C)nc2-c2cc(C)cc(C)c2)c1. The number of aromatic nitrogens is 2. The maximum atomic E-state index is 9.20. The van der Waals surface area contributed by atoms with Crippen molar-refractivity contribution < 1.29 is 0 Å². The third kappa shape index (κ3) is 4.25. The molecular formula is C28H25N3. The van der Waals surface area contributed by atoms with Crippen LogP contribution in [0.5, 0.6) is 0 Å². The van der Waals surface area contributed by atoms with Gasteiger partial charge in [-0.25, -0.2) is 4.98 Å². The van der Waals surface area contributed by atoms with Crippen LogP contribution in [0.25, 0.3) is 33.8 Å². The second-order valence-corrected chi connectivity index (χ2v) is 8.35. The second kappa shape index (κ2) is 8.16. The Morgan fingerprint density at radius 3 is 1.74 bits per heavy atom. The summed E-state index contributed by atoms with van der Waals surface area (Å²) in [6.45, 7) is 10.4. The lowest BCUT2D eigenvalue weighted by Crippen LogP contribution is -1.98. The van der Waals surface area contributed by atoms with Crippen LogP contribution in [-0.4, -0.2) is 9.97 Å². The molecule has 0 aliphatic heterocycles. The number of hydrogen-bond acceptors (Lipinski definition) is 3. The van der Waals surface area contributed by atoms with Gasteiger partial charge in [0.2, 0.25) is 0 Å². The summed E-state index contributed by atoms with van der Waals surface area (Å²) >= 11 is 0. The van der Waals surface area contributed by atoms with Gasteiger partial charge in [0.05, 0.1) is 34.9 Å². The maximum absolute atomic E-state index is 9.20. The molecule has 31 heavy (non-hydrogen) atoms. The first-order chi connectivity index (χ1) is 14.8. The number of aryl methyl sites for hydroxylation is 5. The Hall–Kier alpha value is -3.77. The Morgan fingerprint density at radius 1 is 0.677 bits per heavy atom. The summed E-state index contributed by atoms with van der Waals surface area (Å²) < 4.78 is 0. The quantitative estimate of drug-likeness (QED) is 0.374. The van der Waals surface area contributed by atoms with Crippen molar-refractivity contribution >= 4 is 0 Å². The van der Waals surface area contributed by atoms with Gasteiger partial charge in [0.1, 0.15) is 0 Å². The summed E-state index contributed by atoms with van der Waals surface area (Å²) in [4.78, 5) is 10.0. The van der Waals surface area contributed by atoms with Gasteiger partial charge in [-0.3, -0.25) is 4.98 Å². The van der Waals surface area contributed by atoms with Gasteiger partial charge in [0.15, 0.2) is 0 Å². The van der Waals surface area contributed by atoms with Crippen LogP contribution in [-0.2, 0) is 0 Å². The van der Waals surface area contributed by atoms with Gasteiger partial charge in [-0.05, 0) is 76.6 Å². The number of nitrogens with zero attached hydrogens (tertiary/aromatic N) is 3. The topological polar surface area (TPSA) is 49.6 Å². The maximum Gasteiger partial charge on any atom is 0.0991 e. The van der Waals surface area contributed by atoms with E-state index in [-0.39, 0.29) is 0 Å². The minimum Gasteiger partial charge on any atom is -0.252 e. The Morgan fingerprint density at radius 2 is 1.23 bits per heavy atom. The molecule has 1 heterocycles. The third-order valence-corrected chi connectivity index (χ3v) is 5.39. The van der Waals surface area contributed by atoms with Gasteiger partial charge in [-0.2, -0.15) is 5.26 Å². The first-order valence-electron chi connectivity index (χ1n) is 10.4. The highest BCUT2D eigenvalue weighted by molar-refractivity contribution is 5.81. The van der Waals surface area contributed by atoms with Gasteiger partial charge in [-0.15, -0.1) is 0 Å². The summed E-state index contributed by atoms with van der Waals surface area (Å²) in [5.41, 5.74) is 12.2. The molecule has 0 amide bonds. The molecule has 0 unspecified atom stereocenters. The fourth-order valence-electron chi connectivity index (χ4n) is 4.17. The second-order valence-electron chi connectivity index (χ2n) is 8.35. The van der Waals surface area contributed by atoms with Gasteiger partial charge < -0.3 is 0 Å². The highest BCUT2D eigenvalue weighted by Gasteiger charge is 2.15. The van der Waals surface area contributed by atoms with E-state index in [4.69, 9.17) is 9.97 Å². The number of benzene rings is 3. The van der Waals surface area contributed by atoms with E-state index in [1.165, 1.54) is 22.3 Å². The summed E-state index contributed by atoms with van der Waals surface area (Å²) in [5.74, 6) is 0. The van der Waals surface area contributed by atoms with E-state index in [2.05, 4.69) is 70.2 Å². The smallest absolute Gasteiger partial charge is 0.0991 e. The summed E-state index contributed by atoms with van der Waals surface area (Å²) in [5, 5.41) is 9.20. The highest BCUT2D eigenvalue weighted by atomic mass is 14.8. The van der Waals surface area contributed by atoms with Crippen LogP contribution < -0.4 is 0 Å². The van der Waals surface area contributed by atoms with E-state index >= 15 is 0 Å². The molecule has 3 heteroatoms. The van der Waals surface area contributed by atoms with Crippen LogP contribution in [0, 0.1) is 45.9 Å². The van der Waals surface area contributed by atoms with E-state index < -0.39 is 0 Å². The average Bonchev–Trinajstić information content (AvgIpc) is 2.72. The van der Waals surface area contributed by atoms with E-state index in [0.717, 1.165) is 39.3 Å². The van der Waals surface area contributed by atoms with Crippen LogP contribution in [0.1, 0.15) is 33.4 Å². The first-order valence-corrected chi connectivity index (χ1v) is 10.4. The molecule has 0 saturated carbocycles. The number of hydrogen-bond donors (Lipinski definition) is 0. The summed E-state index contributed by atoms with van der Waals surface area (Å²) in [6, 6.07) is 20.9. The van der Waals surface area contributed by atoms with Gasteiger partial charge in [0, 0.05) is 16.7 Å². The molecule has 0 spiro atoms. The van der Waals surface area contributed by atoms with Crippen molar-refractivity contribution in [1.82, 2.24) is 9.97 Å². The number of nitriles is 1. The molecule has 0 atom stereocenters. The molecule has 152 valence electrons. The van der Waals surface area contributed by atoms with Crippen molar-refractivity contribution in [2.75, 3.05) is 0 Å². The molecule has 0 aliphatic carbocycles. The fourth-order valence-corrected chi connectivity index (χ4v) is 4.17. The molecule has 4 rings (SSSR count). The normalized spacial score (nSPS) is 10.7. The summed E-state index contributed by atoms with van der Waals surface area (Å²) in [6.07, 6.45) is 1.84. The average molecular weight is 404 g/mol. The van der Waals surface area contributed by atoms with E-state index in [1.807, 2.05) is 31.3 Å². The van der Waals surface area contributed by atoms with Crippen molar-refractivity contribution in [3.05, 3.63) is 94.2 Å². The Labute approximate surface area is 184 Å². The highest BCUT2D eigenvalue weighted by Crippen LogP contribution is 2.33. The van der Waals surface area contributed by atoms with Gasteiger partial charge >= 0.3 is 0 Å². The molecule has 0 saturated heterocycles. The minimum absolute atomic E-state index is 0.649. The van der Waals surface area contributed by atoms with Crippen molar-refractivity contribution in [2.24, 2.45) is 0 Å². The van der Waals surface area contributed by atoms with Crippen molar-refractivity contribution in [3.63, 3.8) is 0 Å². The third-order valence-electron chi connectivity index (χ3n) is 5.39. The molecule has 0 N–H and O–H groups in total. The molecule has 4 aromatic rings.